The summed E-state index contributed by atoms with van der Waals surface area (Å²) < 4.78 is 70.6. The van der Waals surface area contributed by atoms with E-state index in [0.29, 0.717) is 0 Å². The third-order valence-corrected chi connectivity index (χ3v) is 7.34. The lowest BCUT2D eigenvalue weighted by atomic mass is 9.87. The second-order valence-corrected chi connectivity index (χ2v) is 12.9. The average Bonchev–Trinajstić information content (AvgIpc) is 3.16. The van der Waals surface area contributed by atoms with E-state index in [1.165, 1.54) is 12.1 Å². The summed E-state index contributed by atoms with van der Waals surface area (Å²) in [5.74, 6) is -1.16. The summed E-state index contributed by atoms with van der Waals surface area (Å²) in [6.07, 6.45) is 1.05. The summed E-state index contributed by atoms with van der Waals surface area (Å²) >= 11 is 5.89. The summed E-state index contributed by atoms with van der Waals surface area (Å²) in [6.45, 7) is 6.02. The molecule has 0 bridgehead atoms. The Kier molecular flexibility index (Phi) is 6.88. The summed E-state index contributed by atoms with van der Waals surface area (Å²) in [4.78, 5) is -0.0174. The molecule has 0 aliphatic heterocycles. The van der Waals surface area contributed by atoms with E-state index in [-0.39, 0.29) is 50.5 Å². The molecule has 12 heteroatoms. The molecule has 1 heterocycles. The molecule has 0 unspecified atom stereocenters. The number of sulfone groups is 1. The lowest BCUT2D eigenvalue weighted by Crippen LogP contribution is -2.15. The first-order chi connectivity index (χ1) is 15.2. The first-order valence-corrected chi connectivity index (χ1v) is 13.7. The van der Waals surface area contributed by atoms with Crippen molar-refractivity contribution in [3.05, 3.63) is 58.7 Å². The highest BCUT2D eigenvalue weighted by Gasteiger charge is 2.23. The molecule has 0 atom stereocenters. The Labute approximate surface area is 197 Å². The maximum Gasteiger partial charge on any atom is 0.261 e. The van der Waals surface area contributed by atoms with Gasteiger partial charge in [-0.2, -0.15) is 0 Å². The SMILES string of the molecule is CC(C)(C)c1ccc(S(=O)(=O)Nc2cc(F)c(Cl)cc2-c2nnc(CCS(C)(=O)=O)o2)cc1. The van der Waals surface area contributed by atoms with Gasteiger partial charge in [-0.25, -0.2) is 21.2 Å². The van der Waals surface area contributed by atoms with Crippen molar-refractivity contribution in [2.75, 3.05) is 16.7 Å². The third-order valence-electron chi connectivity index (χ3n) is 4.72. The number of aromatic nitrogens is 2. The van der Waals surface area contributed by atoms with Crippen LogP contribution in [-0.4, -0.2) is 39.0 Å². The monoisotopic (exact) mass is 515 g/mol. The van der Waals surface area contributed by atoms with E-state index in [4.69, 9.17) is 16.0 Å². The van der Waals surface area contributed by atoms with Crippen LogP contribution in [0.2, 0.25) is 5.02 Å². The molecule has 8 nitrogen and oxygen atoms in total. The molecule has 1 aromatic heterocycles. The van der Waals surface area contributed by atoms with Gasteiger partial charge >= 0.3 is 0 Å². The van der Waals surface area contributed by atoms with Crippen LogP contribution >= 0.6 is 11.6 Å². The molecule has 0 amide bonds. The van der Waals surface area contributed by atoms with Crippen LogP contribution < -0.4 is 4.72 Å². The molecule has 1 N–H and O–H groups in total. The van der Waals surface area contributed by atoms with Gasteiger partial charge < -0.3 is 4.42 Å². The summed E-state index contributed by atoms with van der Waals surface area (Å²) in [5.41, 5.74) is 0.686. The molecule has 0 saturated heterocycles. The van der Waals surface area contributed by atoms with Gasteiger partial charge in [0.15, 0.2) is 0 Å². The summed E-state index contributed by atoms with van der Waals surface area (Å²) in [5, 5.41) is 7.33. The van der Waals surface area contributed by atoms with Crippen molar-refractivity contribution >= 4 is 37.1 Å². The Hall–Kier alpha value is -2.50. The van der Waals surface area contributed by atoms with Crippen molar-refractivity contribution in [3.63, 3.8) is 0 Å². The minimum atomic E-state index is -4.09. The van der Waals surface area contributed by atoms with Crippen LogP contribution in [0.1, 0.15) is 32.2 Å². The van der Waals surface area contributed by atoms with E-state index in [1.807, 2.05) is 20.8 Å². The van der Waals surface area contributed by atoms with Crippen LogP contribution in [0.25, 0.3) is 11.5 Å². The van der Waals surface area contributed by atoms with Gasteiger partial charge in [0.25, 0.3) is 10.0 Å². The Morgan fingerprint density at radius 3 is 2.27 bits per heavy atom. The Morgan fingerprint density at radius 1 is 1.06 bits per heavy atom. The van der Waals surface area contributed by atoms with Crippen LogP contribution in [0.15, 0.2) is 45.7 Å². The molecule has 0 radical (unpaired) electrons. The number of hydrogen-bond donors (Lipinski definition) is 1. The number of halogens is 2. The number of benzene rings is 2. The van der Waals surface area contributed by atoms with E-state index in [2.05, 4.69) is 14.9 Å². The lowest BCUT2D eigenvalue weighted by Gasteiger charge is -2.19. The average molecular weight is 516 g/mol. The fraction of sp³-hybridized carbons (Fsp3) is 0.333. The third kappa shape index (κ3) is 6.30. The summed E-state index contributed by atoms with van der Waals surface area (Å²) in [6, 6.07) is 8.42. The Balaban J connectivity index is 1.96. The van der Waals surface area contributed by atoms with Gasteiger partial charge in [-0.1, -0.05) is 44.5 Å². The van der Waals surface area contributed by atoms with Gasteiger partial charge in [0, 0.05) is 18.7 Å². The van der Waals surface area contributed by atoms with E-state index < -0.39 is 25.7 Å². The predicted molar refractivity (Wildman–Crippen MR) is 124 cm³/mol. The number of nitrogens with zero attached hydrogens (tertiary/aromatic N) is 2. The molecule has 0 spiro atoms. The number of sulfonamides is 1. The largest absolute Gasteiger partial charge is 0.421 e. The van der Waals surface area contributed by atoms with Crippen molar-refractivity contribution in [1.29, 1.82) is 0 Å². The number of rotatable bonds is 7. The molecule has 2 aromatic carbocycles. The topological polar surface area (TPSA) is 119 Å². The van der Waals surface area contributed by atoms with Crippen molar-refractivity contribution in [2.24, 2.45) is 0 Å². The van der Waals surface area contributed by atoms with E-state index in [9.17, 15) is 21.2 Å². The van der Waals surface area contributed by atoms with Crippen LogP contribution in [0.3, 0.4) is 0 Å². The number of anilines is 1. The van der Waals surface area contributed by atoms with E-state index in [0.717, 1.165) is 24.0 Å². The molecule has 178 valence electrons. The highest BCUT2D eigenvalue weighted by atomic mass is 35.5. The zero-order chi connectivity index (χ0) is 24.6. The van der Waals surface area contributed by atoms with Gasteiger partial charge in [-0.3, -0.25) is 4.72 Å². The second kappa shape index (κ2) is 9.03. The first-order valence-electron chi connectivity index (χ1n) is 9.78. The van der Waals surface area contributed by atoms with Gasteiger partial charge in [0.05, 0.1) is 26.9 Å². The first kappa shape index (κ1) is 25.1. The van der Waals surface area contributed by atoms with Crippen LogP contribution in [0.4, 0.5) is 10.1 Å². The molecular formula is C21H23ClFN3O5S2. The van der Waals surface area contributed by atoms with Crippen molar-refractivity contribution < 1.29 is 25.6 Å². The van der Waals surface area contributed by atoms with Crippen LogP contribution in [0.5, 0.6) is 0 Å². The van der Waals surface area contributed by atoms with Crippen LogP contribution in [-0.2, 0) is 31.7 Å². The fourth-order valence-corrected chi connectivity index (χ4v) is 4.66. The van der Waals surface area contributed by atoms with Gasteiger partial charge in [0.2, 0.25) is 11.8 Å². The molecule has 0 saturated carbocycles. The fourth-order valence-electron chi connectivity index (χ4n) is 2.88. The van der Waals surface area contributed by atoms with Gasteiger partial charge in [-0.05, 0) is 29.2 Å². The number of nitrogens with one attached hydrogen (secondary N) is 1. The molecule has 0 aliphatic carbocycles. The van der Waals surface area contributed by atoms with E-state index in [1.54, 1.807) is 12.1 Å². The second-order valence-electron chi connectivity index (χ2n) is 8.57. The predicted octanol–water partition coefficient (Wildman–Crippen LogP) is 4.21. The van der Waals surface area contributed by atoms with Crippen molar-refractivity contribution in [3.8, 4) is 11.5 Å². The Morgan fingerprint density at radius 2 is 1.70 bits per heavy atom. The van der Waals surface area contributed by atoms with E-state index >= 15 is 0 Å². The standard InChI is InChI=1S/C21H23ClFN3O5S2/c1-21(2,3)13-5-7-14(8-6-13)33(29,30)26-18-12-17(23)16(22)11-15(18)20-25-24-19(31-20)9-10-32(4,27)28/h5-8,11-12,26H,9-10H2,1-4H3. The minimum absolute atomic E-state index is 0.0174. The highest BCUT2D eigenvalue weighted by molar-refractivity contribution is 7.92. The quantitative estimate of drug-likeness (QED) is 0.500. The molecule has 3 aromatic rings. The van der Waals surface area contributed by atoms with Crippen molar-refractivity contribution in [2.45, 2.75) is 37.5 Å². The molecular weight excluding hydrogens is 493 g/mol. The van der Waals surface area contributed by atoms with Crippen molar-refractivity contribution in [1.82, 2.24) is 10.2 Å². The smallest absolute Gasteiger partial charge is 0.261 e. The van der Waals surface area contributed by atoms with Gasteiger partial charge in [0.1, 0.15) is 15.7 Å². The molecule has 0 aliphatic rings. The maximum absolute atomic E-state index is 14.2. The number of hydrogen-bond acceptors (Lipinski definition) is 7. The normalized spacial score (nSPS) is 12.7. The molecule has 0 fully saturated rings. The maximum atomic E-state index is 14.2. The Bertz CT molecular complexity index is 1380. The minimum Gasteiger partial charge on any atom is -0.421 e. The van der Waals surface area contributed by atoms with Gasteiger partial charge in [-0.15, -0.1) is 10.2 Å². The zero-order valence-electron chi connectivity index (χ0n) is 18.4. The molecule has 3 rings (SSSR count). The highest BCUT2D eigenvalue weighted by Crippen LogP contribution is 2.34. The number of aryl methyl sites for hydroxylation is 1. The van der Waals surface area contributed by atoms with Crippen LogP contribution in [0, 0.1) is 5.82 Å². The zero-order valence-corrected chi connectivity index (χ0v) is 20.8. The molecule has 33 heavy (non-hydrogen) atoms. The lowest BCUT2D eigenvalue weighted by molar-refractivity contribution is 0.510. The summed E-state index contributed by atoms with van der Waals surface area (Å²) in [7, 11) is -7.34.